The zero-order chi connectivity index (χ0) is 13.3. The van der Waals surface area contributed by atoms with E-state index in [-0.39, 0.29) is 5.97 Å². The molecule has 0 atom stereocenters. The number of esters is 1. The molecule has 0 aliphatic carbocycles. The van der Waals surface area contributed by atoms with Crippen LogP contribution in [0.15, 0.2) is 43.7 Å². The maximum atomic E-state index is 10.5. The van der Waals surface area contributed by atoms with E-state index in [0.717, 1.165) is 6.26 Å². The second-order valence-electron chi connectivity index (χ2n) is 2.87. The fraction of sp³-hybridized carbons (Fsp3) is 0.0769. The highest BCUT2D eigenvalue weighted by molar-refractivity contribution is 5.91. The first kappa shape index (κ1) is 14.6. The van der Waals surface area contributed by atoms with Crippen LogP contribution in [0.5, 0.6) is 0 Å². The first-order valence-electron chi connectivity index (χ1n) is 4.75. The molecule has 0 spiro atoms. The number of carbonyl (C=O) groups is 2. The molecule has 4 nitrogen and oxygen atoms in total. The first-order chi connectivity index (χ1) is 8.02. The van der Waals surface area contributed by atoms with E-state index in [1.165, 1.54) is 13.0 Å². The highest BCUT2D eigenvalue weighted by atomic mass is 16.5. The average molecular weight is 234 g/mol. The Balaban J connectivity index is 0.000000366. The molecule has 0 unspecified atom stereocenters. The fourth-order valence-electron chi connectivity index (χ4n) is 0.987. The maximum absolute atomic E-state index is 10.5. The van der Waals surface area contributed by atoms with E-state index in [2.05, 4.69) is 17.9 Å². The number of ether oxygens (including phenoxy) is 1. The monoisotopic (exact) mass is 234 g/mol. The highest BCUT2D eigenvalue weighted by Crippen LogP contribution is 2.08. The number of benzene rings is 1. The van der Waals surface area contributed by atoms with Crippen molar-refractivity contribution in [2.24, 2.45) is 0 Å². The molecule has 0 aliphatic heterocycles. The Labute approximate surface area is 99.8 Å². The molecule has 0 radical (unpaired) electrons. The van der Waals surface area contributed by atoms with Gasteiger partial charge < -0.3 is 9.84 Å². The van der Waals surface area contributed by atoms with Gasteiger partial charge in [-0.25, -0.2) is 4.79 Å². The maximum Gasteiger partial charge on any atom is 0.336 e. The van der Waals surface area contributed by atoms with Crippen molar-refractivity contribution in [2.75, 3.05) is 0 Å². The van der Waals surface area contributed by atoms with Gasteiger partial charge in [0.15, 0.2) is 0 Å². The van der Waals surface area contributed by atoms with E-state index >= 15 is 0 Å². The Morgan fingerprint density at radius 3 is 2.18 bits per heavy atom. The predicted octanol–water partition coefficient (Wildman–Crippen LogP) is 2.72. The predicted molar refractivity (Wildman–Crippen MR) is 65.5 cm³/mol. The zero-order valence-corrected chi connectivity index (χ0v) is 9.55. The Morgan fingerprint density at radius 2 is 1.88 bits per heavy atom. The Bertz CT molecular complexity index is 421. The Kier molecular flexibility index (Phi) is 6.78. The van der Waals surface area contributed by atoms with Gasteiger partial charge in [0, 0.05) is 6.92 Å². The van der Waals surface area contributed by atoms with Gasteiger partial charge in [-0.15, -0.1) is 0 Å². The van der Waals surface area contributed by atoms with Gasteiger partial charge in [-0.1, -0.05) is 37.4 Å². The minimum atomic E-state index is -0.916. The lowest BCUT2D eigenvalue weighted by molar-refractivity contribution is -0.135. The Morgan fingerprint density at radius 1 is 1.29 bits per heavy atom. The van der Waals surface area contributed by atoms with Crippen LogP contribution in [0.25, 0.3) is 6.08 Å². The summed E-state index contributed by atoms with van der Waals surface area (Å²) in [6, 6.07) is 6.75. The SMILES string of the molecule is C=COC(C)=O.C=Cc1ccccc1C(=O)O. The molecule has 0 heterocycles. The first-order valence-corrected chi connectivity index (χ1v) is 4.75. The summed E-state index contributed by atoms with van der Waals surface area (Å²) >= 11 is 0. The van der Waals surface area contributed by atoms with Crippen LogP contribution in [0, 0.1) is 0 Å². The van der Waals surface area contributed by atoms with E-state index < -0.39 is 5.97 Å². The standard InChI is InChI=1S/C9H8O2.C4H6O2/c1-2-7-5-3-4-6-8(7)9(10)11;1-3-6-4(2)5/h2-6H,1H2,(H,10,11);3H,1H2,2H3. The molecule has 1 N–H and O–H groups in total. The quantitative estimate of drug-likeness (QED) is 0.645. The number of carboxylic acid groups (broad SMARTS) is 1. The van der Waals surface area contributed by atoms with Crippen molar-refractivity contribution in [2.45, 2.75) is 6.92 Å². The number of carbonyl (C=O) groups excluding carboxylic acids is 1. The largest absolute Gasteiger partial charge is 0.478 e. The number of carboxylic acids is 1. The van der Waals surface area contributed by atoms with Gasteiger partial charge in [-0.2, -0.15) is 0 Å². The third-order valence-corrected chi connectivity index (χ3v) is 1.66. The number of rotatable bonds is 3. The molecule has 4 heteroatoms. The van der Waals surface area contributed by atoms with Crippen LogP contribution in [0.3, 0.4) is 0 Å². The molecular formula is C13H14O4. The van der Waals surface area contributed by atoms with Gasteiger partial charge in [0.1, 0.15) is 0 Å². The minimum Gasteiger partial charge on any atom is -0.478 e. The fourth-order valence-corrected chi connectivity index (χ4v) is 0.987. The molecule has 0 aliphatic rings. The smallest absolute Gasteiger partial charge is 0.336 e. The lowest BCUT2D eigenvalue weighted by Crippen LogP contribution is -1.98. The summed E-state index contributed by atoms with van der Waals surface area (Å²) in [5.74, 6) is -1.24. The van der Waals surface area contributed by atoms with E-state index in [1.54, 1.807) is 24.3 Å². The molecule has 1 rings (SSSR count). The van der Waals surface area contributed by atoms with E-state index in [0.29, 0.717) is 11.1 Å². The van der Waals surface area contributed by atoms with E-state index in [1.807, 2.05) is 0 Å². The topological polar surface area (TPSA) is 63.6 Å². The zero-order valence-electron chi connectivity index (χ0n) is 9.55. The molecule has 0 saturated heterocycles. The summed E-state index contributed by atoms with van der Waals surface area (Å²) in [4.78, 5) is 20.3. The molecule has 0 amide bonds. The van der Waals surface area contributed by atoms with Crippen LogP contribution in [-0.2, 0) is 9.53 Å². The van der Waals surface area contributed by atoms with E-state index in [4.69, 9.17) is 5.11 Å². The van der Waals surface area contributed by atoms with Crippen LogP contribution in [0.4, 0.5) is 0 Å². The van der Waals surface area contributed by atoms with Gasteiger partial charge in [-0.05, 0) is 11.6 Å². The average Bonchev–Trinajstić information content (AvgIpc) is 2.29. The summed E-state index contributed by atoms with van der Waals surface area (Å²) in [7, 11) is 0. The molecule has 0 fully saturated rings. The molecule has 1 aromatic carbocycles. The number of aromatic carboxylic acids is 1. The van der Waals surface area contributed by atoms with Crippen LogP contribution in [0.2, 0.25) is 0 Å². The van der Waals surface area contributed by atoms with Crippen LogP contribution in [-0.4, -0.2) is 17.0 Å². The van der Waals surface area contributed by atoms with Crippen molar-refractivity contribution in [3.8, 4) is 0 Å². The van der Waals surface area contributed by atoms with Crippen molar-refractivity contribution >= 4 is 18.0 Å². The van der Waals surface area contributed by atoms with Gasteiger partial charge in [-0.3, -0.25) is 4.79 Å². The van der Waals surface area contributed by atoms with Gasteiger partial charge in [0.05, 0.1) is 11.8 Å². The van der Waals surface area contributed by atoms with Crippen molar-refractivity contribution < 1.29 is 19.4 Å². The van der Waals surface area contributed by atoms with Crippen molar-refractivity contribution in [1.82, 2.24) is 0 Å². The van der Waals surface area contributed by atoms with Gasteiger partial charge in [0.2, 0.25) is 0 Å². The number of hydrogen-bond donors (Lipinski definition) is 1. The third-order valence-electron chi connectivity index (χ3n) is 1.66. The summed E-state index contributed by atoms with van der Waals surface area (Å²) < 4.78 is 4.17. The molecule has 0 bridgehead atoms. The second kappa shape index (κ2) is 7.87. The van der Waals surface area contributed by atoms with Crippen molar-refractivity contribution in [1.29, 1.82) is 0 Å². The van der Waals surface area contributed by atoms with E-state index in [9.17, 15) is 9.59 Å². The molecule has 0 aromatic heterocycles. The molecule has 0 saturated carbocycles. The van der Waals surface area contributed by atoms with Crippen LogP contribution in [0.1, 0.15) is 22.8 Å². The number of hydrogen-bond acceptors (Lipinski definition) is 3. The minimum absolute atomic E-state index is 0.294. The van der Waals surface area contributed by atoms with Crippen LogP contribution >= 0.6 is 0 Å². The second-order valence-corrected chi connectivity index (χ2v) is 2.87. The summed E-state index contributed by atoms with van der Waals surface area (Å²) in [5.41, 5.74) is 0.947. The normalized spacial score (nSPS) is 8.29. The molecule has 1 aromatic rings. The summed E-state index contributed by atoms with van der Waals surface area (Å²) in [6.45, 7) is 7.99. The van der Waals surface area contributed by atoms with Crippen molar-refractivity contribution in [3.05, 3.63) is 54.8 Å². The summed E-state index contributed by atoms with van der Waals surface area (Å²) in [5, 5.41) is 8.65. The van der Waals surface area contributed by atoms with Crippen LogP contribution < -0.4 is 0 Å². The molecular weight excluding hydrogens is 220 g/mol. The van der Waals surface area contributed by atoms with Gasteiger partial charge in [0.25, 0.3) is 0 Å². The lowest BCUT2D eigenvalue weighted by atomic mass is 10.1. The third kappa shape index (κ3) is 5.94. The lowest BCUT2D eigenvalue weighted by Gasteiger charge is -1.97. The highest BCUT2D eigenvalue weighted by Gasteiger charge is 2.04. The molecule has 17 heavy (non-hydrogen) atoms. The van der Waals surface area contributed by atoms with Crippen molar-refractivity contribution in [3.63, 3.8) is 0 Å². The molecule has 90 valence electrons. The summed E-state index contributed by atoms with van der Waals surface area (Å²) in [6.07, 6.45) is 2.63. The van der Waals surface area contributed by atoms with Gasteiger partial charge >= 0.3 is 11.9 Å². The Hall–Kier alpha value is -2.36.